The Bertz CT molecular complexity index is 718. The van der Waals surface area contributed by atoms with Crippen molar-refractivity contribution in [3.63, 3.8) is 0 Å². The summed E-state index contributed by atoms with van der Waals surface area (Å²) < 4.78 is 28.5. The average Bonchev–Trinajstić information content (AvgIpc) is 3.00. The molecule has 0 aliphatic carbocycles. The van der Waals surface area contributed by atoms with Crippen LogP contribution in [0.3, 0.4) is 0 Å². The van der Waals surface area contributed by atoms with Gasteiger partial charge in [-0.15, -0.1) is 0 Å². The molecule has 20 heavy (non-hydrogen) atoms. The molecule has 104 valence electrons. The summed E-state index contributed by atoms with van der Waals surface area (Å²) in [5.74, 6) is -0.450. The first-order valence-electron chi connectivity index (χ1n) is 5.87. The molecule has 2 heterocycles. The molecule has 7 heteroatoms. The molecular weight excluding hydrogens is 282 g/mol. The second kappa shape index (κ2) is 4.45. The van der Waals surface area contributed by atoms with E-state index in [0.717, 1.165) is 5.41 Å². The number of benzene rings is 1. The number of carbonyl (C=O) groups is 1. The summed E-state index contributed by atoms with van der Waals surface area (Å²) >= 11 is 0. The summed E-state index contributed by atoms with van der Waals surface area (Å²) in [4.78, 5) is 16.5. The zero-order valence-electron chi connectivity index (χ0n) is 10.5. The number of rotatable bonds is 2. The molecule has 0 spiro atoms. The van der Waals surface area contributed by atoms with E-state index in [-0.39, 0.29) is 0 Å². The monoisotopic (exact) mass is 293 g/mol. The smallest absolute Gasteiger partial charge is 0.337 e. The molecule has 1 aromatic rings. The lowest BCUT2D eigenvalue weighted by molar-refractivity contribution is 0.0600. The van der Waals surface area contributed by atoms with Gasteiger partial charge in [0.1, 0.15) is 5.71 Å². The Balaban J connectivity index is 1.93. The fourth-order valence-corrected chi connectivity index (χ4v) is 3.79. The van der Waals surface area contributed by atoms with Crippen LogP contribution in [0.15, 0.2) is 40.9 Å². The fourth-order valence-electron chi connectivity index (χ4n) is 2.24. The summed E-state index contributed by atoms with van der Waals surface area (Å²) in [5, 5.41) is 4.20. The van der Waals surface area contributed by atoms with Gasteiger partial charge in [-0.2, -0.15) is 0 Å². The molecule has 0 fully saturated rings. The maximum Gasteiger partial charge on any atom is 0.337 e. The molecule has 2 aliphatic rings. The van der Waals surface area contributed by atoms with Crippen LogP contribution in [0.4, 0.5) is 0 Å². The van der Waals surface area contributed by atoms with E-state index in [1.807, 2.05) is 0 Å². The van der Waals surface area contributed by atoms with E-state index in [2.05, 4.69) is 9.89 Å². The third kappa shape index (κ3) is 1.90. The van der Waals surface area contributed by atoms with Gasteiger partial charge in [0.2, 0.25) is 0 Å². The molecule has 3 rings (SSSR count). The molecule has 0 saturated heterocycles. The van der Waals surface area contributed by atoms with E-state index in [4.69, 9.17) is 4.84 Å². The summed E-state index contributed by atoms with van der Waals surface area (Å²) in [6, 6.07) is 6.38. The summed E-state index contributed by atoms with van der Waals surface area (Å²) in [6.07, 6.45) is 0.926. The minimum absolute atomic E-state index is 0.358. The third-order valence-electron chi connectivity index (χ3n) is 3.25. The van der Waals surface area contributed by atoms with Gasteiger partial charge in [-0.1, -0.05) is 17.3 Å². The lowest BCUT2D eigenvalue weighted by Crippen LogP contribution is -2.31. The first-order valence-corrected chi connectivity index (χ1v) is 7.48. The summed E-state index contributed by atoms with van der Waals surface area (Å²) in [5.41, 5.74) is 1.36. The highest BCUT2D eigenvalue weighted by molar-refractivity contribution is 7.96. The number of carbonyl (C=O) groups excluding carboxylic acids is 1. The number of hydrogen-bond acceptors (Lipinski definition) is 6. The quantitative estimate of drug-likeness (QED) is 0.756. The van der Waals surface area contributed by atoms with Gasteiger partial charge < -0.3 is 9.57 Å². The molecule has 0 saturated carbocycles. The van der Waals surface area contributed by atoms with Gasteiger partial charge in [0.25, 0.3) is 0 Å². The number of fused-ring (bicyclic) bond motifs is 1. The Labute approximate surface area is 115 Å². The number of methoxy groups -OCH3 is 1. The van der Waals surface area contributed by atoms with Crippen molar-refractivity contribution in [3.8, 4) is 0 Å². The highest BCUT2D eigenvalue weighted by atomic mass is 32.2. The van der Waals surface area contributed by atoms with Crippen LogP contribution in [0.1, 0.15) is 15.9 Å². The van der Waals surface area contributed by atoms with Crippen molar-refractivity contribution in [2.75, 3.05) is 7.11 Å². The lowest BCUT2D eigenvalue weighted by Gasteiger charge is -2.09. The maximum atomic E-state index is 11.9. The Morgan fingerprint density at radius 3 is 2.65 bits per heavy atom. The summed E-state index contributed by atoms with van der Waals surface area (Å²) in [6.45, 7) is 0. The lowest BCUT2D eigenvalue weighted by atomic mass is 10.0. The zero-order valence-corrected chi connectivity index (χ0v) is 11.3. The van der Waals surface area contributed by atoms with Gasteiger partial charge in [0, 0.05) is 11.0 Å². The van der Waals surface area contributed by atoms with Crippen molar-refractivity contribution in [2.45, 2.75) is 11.4 Å². The predicted octanol–water partition coefficient (Wildman–Crippen LogP) is 0.887. The molecule has 0 N–H and O–H groups in total. The van der Waals surface area contributed by atoms with Gasteiger partial charge in [-0.05, 0) is 18.2 Å². The SMILES string of the molecule is COC(=O)c1ccc(C2=NO[C@@H]3C=CS(=O)(=O)[C@@H]23)cc1. The molecule has 6 nitrogen and oxygen atoms in total. The number of hydrogen-bond donors (Lipinski definition) is 0. The van der Waals surface area contributed by atoms with Gasteiger partial charge in [0.05, 0.1) is 12.7 Å². The second-order valence-corrected chi connectivity index (χ2v) is 6.41. The molecule has 0 unspecified atom stereocenters. The molecule has 2 atom stereocenters. The second-order valence-electron chi connectivity index (χ2n) is 4.45. The number of ether oxygens (including phenoxy) is 1. The normalized spacial score (nSPS) is 25.8. The molecule has 0 bridgehead atoms. The average molecular weight is 293 g/mol. The topological polar surface area (TPSA) is 82.0 Å². The number of oxime groups is 1. The van der Waals surface area contributed by atoms with Crippen molar-refractivity contribution in [3.05, 3.63) is 46.9 Å². The van der Waals surface area contributed by atoms with E-state index < -0.39 is 27.2 Å². The molecule has 1 aromatic carbocycles. The van der Waals surface area contributed by atoms with Crippen molar-refractivity contribution in [2.24, 2.45) is 5.16 Å². The van der Waals surface area contributed by atoms with Crippen LogP contribution in [-0.2, 0) is 19.4 Å². The Morgan fingerprint density at radius 1 is 1.30 bits per heavy atom. The molecule has 2 aliphatic heterocycles. The molecule has 0 radical (unpaired) electrons. The van der Waals surface area contributed by atoms with Crippen LogP contribution < -0.4 is 0 Å². The van der Waals surface area contributed by atoms with Crippen molar-refractivity contribution < 1.29 is 22.8 Å². The Morgan fingerprint density at radius 2 is 2.00 bits per heavy atom. The van der Waals surface area contributed by atoms with Crippen molar-refractivity contribution in [1.29, 1.82) is 0 Å². The first-order chi connectivity index (χ1) is 9.53. The Kier molecular flexibility index (Phi) is 2.86. The van der Waals surface area contributed by atoms with Crippen LogP contribution in [-0.4, -0.2) is 38.6 Å². The number of esters is 1. The molecule has 0 aromatic heterocycles. The highest BCUT2D eigenvalue weighted by Gasteiger charge is 2.46. The summed E-state index contributed by atoms with van der Waals surface area (Å²) in [7, 11) is -2.08. The predicted molar refractivity (Wildman–Crippen MR) is 71.0 cm³/mol. The largest absolute Gasteiger partial charge is 0.465 e. The van der Waals surface area contributed by atoms with Gasteiger partial charge >= 0.3 is 5.97 Å². The van der Waals surface area contributed by atoms with E-state index >= 15 is 0 Å². The van der Waals surface area contributed by atoms with Crippen molar-refractivity contribution >= 4 is 21.5 Å². The molecular formula is C13H11NO5S. The van der Waals surface area contributed by atoms with Crippen LogP contribution in [0.2, 0.25) is 0 Å². The zero-order chi connectivity index (χ0) is 14.3. The minimum atomic E-state index is -3.38. The van der Waals surface area contributed by atoms with Crippen LogP contribution in [0.25, 0.3) is 0 Å². The van der Waals surface area contributed by atoms with E-state index in [1.165, 1.54) is 13.2 Å². The van der Waals surface area contributed by atoms with Crippen molar-refractivity contribution in [1.82, 2.24) is 0 Å². The van der Waals surface area contributed by atoms with Gasteiger partial charge in [-0.25, -0.2) is 13.2 Å². The fraction of sp³-hybridized carbons (Fsp3) is 0.231. The van der Waals surface area contributed by atoms with Crippen LogP contribution in [0, 0.1) is 0 Å². The minimum Gasteiger partial charge on any atom is -0.465 e. The number of nitrogens with zero attached hydrogens (tertiary/aromatic N) is 1. The highest BCUT2D eigenvalue weighted by Crippen LogP contribution is 2.30. The maximum absolute atomic E-state index is 11.9. The van der Waals surface area contributed by atoms with E-state index in [9.17, 15) is 13.2 Å². The van der Waals surface area contributed by atoms with Gasteiger partial charge in [0.15, 0.2) is 21.2 Å². The standard InChI is InChI=1S/C13H11NO5S/c1-18-13(15)9-4-2-8(3-5-9)11-12-10(19-14-11)6-7-20(12,16)17/h2-7,10,12H,1H3/t10-,12-/m1/s1. The third-order valence-corrected chi connectivity index (χ3v) is 4.99. The van der Waals surface area contributed by atoms with Gasteiger partial charge in [-0.3, -0.25) is 0 Å². The molecule has 0 amide bonds. The van der Waals surface area contributed by atoms with E-state index in [1.54, 1.807) is 24.3 Å². The Hall–Kier alpha value is -2.15. The van der Waals surface area contributed by atoms with E-state index in [0.29, 0.717) is 16.8 Å². The van der Waals surface area contributed by atoms with Crippen LogP contribution >= 0.6 is 0 Å². The first kappa shape index (κ1) is 12.9. The van der Waals surface area contributed by atoms with Crippen LogP contribution in [0.5, 0.6) is 0 Å². The number of sulfone groups is 1.